The van der Waals surface area contributed by atoms with Crippen LogP contribution in [0.5, 0.6) is 11.8 Å². The summed E-state index contributed by atoms with van der Waals surface area (Å²) in [7, 11) is 0. The zero-order valence-corrected chi connectivity index (χ0v) is 24.6. The van der Waals surface area contributed by atoms with Crippen molar-refractivity contribution in [3.8, 4) is 11.8 Å². The quantitative estimate of drug-likeness (QED) is 0.327. The molecule has 7 nitrogen and oxygen atoms in total. The zero-order valence-electron chi connectivity index (χ0n) is 23.0. The lowest BCUT2D eigenvalue weighted by Crippen LogP contribution is -2.36. The highest BCUT2D eigenvalue weighted by atomic mass is 32.2. The van der Waals surface area contributed by atoms with E-state index in [4.69, 9.17) is 0 Å². The van der Waals surface area contributed by atoms with Gasteiger partial charge < -0.3 is 10.2 Å². The van der Waals surface area contributed by atoms with E-state index in [1.807, 2.05) is 27.7 Å². The summed E-state index contributed by atoms with van der Waals surface area (Å²) in [6.45, 7) is 7.87. The molecule has 38 heavy (non-hydrogen) atoms. The number of aromatic nitrogens is 2. The van der Waals surface area contributed by atoms with Gasteiger partial charge in [-0.05, 0) is 66.2 Å². The second kappa shape index (κ2) is 11.5. The molecule has 2 N–H and O–H groups in total. The lowest BCUT2D eigenvalue weighted by Gasteiger charge is -2.29. The molecule has 2 aliphatic rings. The van der Waals surface area contributed by atoms with Crippen LogP contribution in [0, 0.1) is 0 Å². The van der Waals surface area contributed by atoms with Crippen LogP contribution in [0.25, 0.3) is 0 Å². The molecule has 0 saturated carbocycles. The maximum atomic E-state index is 12.7. The van der Waals surface area contributed by atoms with Crippen molar-refractivity contribution in [1.82, 2.24) is 9.13 Å². The number of hydrogen-bond donors (Lipinski definition) is 2. The monoisotopic (exact) mass is 560 g/mol. The van der Waals surface area contributed by atoms with Gasteiger partial charge >= 0.3 is 0 Å². The molecule has 0 spiro atoms. The normalized spacial score (nSPS) is 15.1. The predicted octanol–water partition coefficient (Wildman–Crippen LogP) is 5.58. The third-order valence-corrected chi connectivity index (χ3v) is 10.1. The van der Waals surface area contributed by atoms with E-state index in [9.17, 15) is 24.6 Å². The second-order valence-electron chi connectivity index (χ2n) is 11.7. The third-order valence-electron chi connectivity index (χ3n) is 7.93. The van der Waals surface area contributed by atoms with Crippen molar-refractivity contribution in [3.05, 3.63) is 44.0 Å². The fraction of sp³-hybridized carbons (Fsp3) is 0.621. The summed E-state index contributed by atoms with van der Waals surface area (Å²) in [5, 5.41) is 21.5. The summed E-state index contributed by atoms with van der Waals surface area (Å²) in [6.07, 6.45) is 7.05. The largest absolute Gasteiger partial charge is 0.494 e. The number of rotatable bonds is 12. The highest BCUT2D eigenvalue weighted by Gasteiger charge is 2.30. The van der Waals surface area contributed by atoms with E-state index in [0.29, 0.717) is 25.7 Å². The SMILES string of the molecule is CC(C)(CCCCC(=O)CCCCC(C)(C)n1c(O)c2c(cc1=O)SCC2)n1c(O)c2c(cc1=O)SCC2. The number of hydrogen-bond acceptors (Lipinski definition) is 7. The Kier molecular flexibility index (Phi) is 8.77. The van der Waals surface area contributed by atoms with Gasteiger partial charge in [0.15, 0.2) is 11.8 Å². The highest BCUT2D eigenvalue weighted by molar-refractivity contribution is 7.99. The van der Waals surface area contributed by atoms with Crippen molar-refractivity contribution in [3.63, 3.8) is 0 Å². The highest BCUT2D eigenvalue weighted by Crippen LogP contribution is 2.39. The van der Waals surface area contributed by atoms with E-state index < -0.39 is 11.1 Å². The third kappa shape index (κ3) is 6.03. The van der Waals surface area contributed by atoms with Gasteiger partial charge in [-0.25, -0.2) is 0 Å². The Balaban J connectivity index is 1.21. The van der Waals surface area contributed by atoms with E-state index in [0.717, 1.165) is 70.9 Å². The maximum Gasteiger partial charge on any atom is 0.254 e. The number of aromatic hydroxyl groups is 2. The molecular formula is C29H40N2O5S2. The Bertz CT molecular complexity index is 1230. The molecule has 0 atom stereocenters. The summed E-state index contributed by atoms with van der Waals surface area (Å²) in [5.41, 5.74) is 0.339. The van der Waals surface area contributed by atoms with Crippen molar-refractivity contribution in [2.24, 2.45) is 0 Å². The molecule has 0 amide bonds. The van der Waals surface area contributed by atoms with Crippen LogP contribution in [0.2, 0.25) is 0 Å². The van der Waals surface area contributed by atoms with Crippen LogP contribution in [-0.4, -0.2) is 36.6 Å². The van der Waals surface area contributed by atoms with Crippen LogP contribution in [0.3, 0.4) is 0 Å². The summed E-state index contributed by atoms with van der Waals surface area (Å²) in [4.78, 5) is 39.7. The number of thioether (sulfide) groups is 2. The van der Waals surface area contributed by atoms with E-state index in [1.54, 1.807) is 35.7 Å². The van der Waals surface area contributed by atoms with Crippen LogP contribution >= 0.6 is 23.5 Å². The summed E-state index contributed by atoms with van der Waals surface area (Å²) < 4.78 is 3.04. The molecule has 0 fully saturated rings. The molecule has 2 aliphatic heterocycles. The van der Waals surface area contributed by atoms with E-state index in [2.05, 4.69) is 0 Å². The van der Waals surface area contributed by atoms with E-state index >= 15 is 0 Å². The smallest absolute Gasteiger partial charge is 0.254 e. The predicted molar refractivity (Wildman–Crippen MR) is 154 cm³/mol. The van der Waals surface area contributed by atoms with Gasteiger partial charge in [-0.15, -0.1) is 23.5 Å². The minimum absolute atomic E-state index is 0.0934. The van der Waals surface area contributed by atoms with Crippen molar-refractivity contribution in [2.45, 2.75) is 113 Å². The van der Waals surface area contributed by atoms with Crippen molar-refractivity contribution >= 4 is 29.3 Å². The van der Waals surface area contributed by atoms with Gasteiger partial charge in [0, 0.05) is 68.5 Å². The maximum absolute atomic E-state index is 12.7. The molecule has 0 unspecified atom stereocenters. The zero-order chi connectivity index (χ0) is 27.7. The average Bonchev–Trinajstić information content (AvgIpc) is 3.49. The molecule has 4 heterocycles. The van der Waals surface area contributed by atoms with E-state index in [-0.39, 0.29) is 28.7 Å². The first-order valence-electron chi connectivity index (χ1n) is 13.7. The Morgan fingerprint density at radius 2 is 1.16 bits per heavy atom. The van der Waals surface area contributed by atoms with E-state index in [1.165, 1.54) is 9.13 Å². The minimum atomic E-state index is -0.530. The fourth-order valence-corrected chi connectivity index (χ4v) is 7.91. The van der Waals surface area contributed by atoms with Gasteiger partial charge in [0.25, 0.3) is 11.1 Å². The van der Waals surface area contributed by atoms with Crippen LogP contribution in [0.15, 0.2) is 31.5 Å². The summed E-state index contributed by atoms with van der Waals surface area (Å²) in [5.74, 6) is 2.19. The molecule has 9 heteroatoms. The Morgan fingerprint density at radius 1 is 0.763 bits per heavy atom. The van der Waals surface area contributed by atoms with Crippen LogP contribution in [0.4, 0.5) is 0 Å². The second-order valence-corrected chi connectivity index (χ2v) is 14.0. The molecular weight excluding hydrogens is 520 g/mol. The van der Waals surface area contributed by atoms with Crippen LogP contribution in [0.1, 0.15) is 90.2 Å². The number of carbonyl (C=O) groups excluding carboxylic acids is 1. The lowest BCUT2D eigenvalue weighted by molar-refractivity contribution is -0.119. The van der Waals surface area contributed by atoms with Gasteiger partial charge in [0.05, 0.1) is 0 Å². The number of ketones is 1. The van der Waals surface area contributed by atoms with Gasteiger partial charge in [-0.2, -0.15) is 0 Å². The molecule has 208 valence electrons. The van der Waals surface area contributed by atoms with Gasteiger partial charge in [-0.1, -0.05) is 12.8 Å². The molecule has 2 aromatic heterocycles. The Morgan fingerprint density at radius 3 is 1.55 bits per heavy atom. The number of carbonyl (C=O) groups is 1. The molecule has 4 rings (SSSR count). The molecule has 0 radical (unpaired) electrons. The average molecular weight is 561 g/mol. The van der Waals surface area contributed by atoms with Crippen molar-refractivity contribution in [2.75, 3.05) is 11.5 Å². The molecule has 0 saturated heterocycles. The molecule has 0 aromatic carbocycles. The first kappa shape index (κ1) is 28.9. The van der Waals surface area contributed by atoms with Crippen molar-refractivity contribution < 1.29 is 15.0 Å². The van der Waals surface area contributed by atoms with Crippen LogP contribution in [-0.2, 0) is 28.7 Å². The standard InChI is InChI=1S/C29H40N2O5S2/c1-28(2,30-24(33)17-22-20(26(30)35)11-15-37-22)13-7-5-9-19(32)10-6-8-14-29(3,4)31-25(34)18-23-21(27(31)36)12-16-38-23/h17-18,35-36H,5-16H2,1-4H3. The number of unbranched alkanes of at least 4 members (excludes halogenated alkanes) is 2. The first-order chi connectivity index (χ1) is 17.9. The number of Topliss-reactive ketones (excluding diaryl/α,β-unsaturated/α-hetero) is 1. The van der Waals surface area contributed by atoms with Gasteiger partial charge in [0.2, 0.25) is 0 Å². The van der Waals surface area contributed by atoms with Crippen LogP contribution < -0.4 is 11.1 Å². The first-order valence-corrected chi connectivity index (χ1v) is 15.6. The topological polar surface area (TPSA) is 102 Å². The summed E-state index contributed by atoms with van der Waals surface area (Å²) >= 11 is 3.23. The minimum Gasteiger partial charge on any atom is -0.494 e. The summed E-state index contributed by atoms with van der Waals surface area (Å²) in [6, 6.07) is 3.28. The Hall–Kier alpha value is -2.13. The van der Waals surface area contributed by atoms with Gasteiger partial charge in [-0.3, -0.25) is 23.5 Å². The van der Waals surface area contributed by atoms with Crippen molar-refractivity contribution in [1.29, 1.82) is 0 Å². The Labute approximate surface area is 233 Å². The number of pyridine rings is 2. The van der Waals surface area contributed by atoms with Gasteiger partial charge in [0.1, 0.15) is 5.78 Å². The molecule has 2 aromatic rings. The number of nitrogens with zero attached hydrogens (tertiary/aromatic N) is 2. The number of fused-ring (bicyclic) bond motifs is 2. The molecule has 0 aliphatic carbocycles. The lowest BCUT2D eigenvalue weighted by atomic mass is 9.93. The molecule has 0 bridgehead atoms. The fourth-order valence-electron chi connectivity index (χ4n) is 5.76.